The molecule has 0 amide bonds. The normalized spacial score (nSPS) is 14.5. The minimum atomic E-state index is -0.305. The molecule has 1 aliphatic heterocycles. The van der Waals surface area contributed by atoms with Gasteiger partial charge in [0.1, 0.15) is 35.4 Å². The van der Waals surface area contributed by atoms with Crippen molar-refractivity contribution in [1.29, 1.82) is 0 Å². The molecule has 0 spiro atoms. The van der Waals surface area contributed by atoms with Crippen LogP contribution in [0.15, 0.2) is 78.9 Å². The van der Waals surface area contributed by atoms with Crippen LogP contribution in [0.5, 0.6) is 23.0 Å². The van der Waals surface area contributed by atoms with Crippen LogP contribution in [0.1, 0.15) is 25.7 Å². The number of hydrogen-bond donors (Lipinski definition) is 1. The van der Waals surface area contributed by atoms with Crippen LogP contribution in [-0.2, 0) is 0 Å². The molecule has 0 atom stereocenters. The SMILES string of the molecule is Oc1ccc2c(Oc3ccc(OCCN4CCCCCC4)cc3)c(-c3cccc(F)c3)ccc2c1. The Bertz CT molecular complexity index is 1280. The molecule has 1 saturated heterocycles. The van der Waals surface area contributed by atoms with Gasteiger partial charge in [0, 0.05) is 17.5 Å². The zero-order chi connectivity index (χ0) is 24.0. The lowest BCUT2D eigenvalue weighted by Gasteiger charge is -2.19. The first-order valence-corrected chi connectivity index (χ1v) is 12.3. The van der Waals surface area contributed by atoms with Gasteiger partial charge in [-0.15, -0.1) is 0 Å². The number of halogens is 1. The molecule has 0 bridgehead atoms. The highest BCUT2D eigenvalue weighted by molar-refractivity contribution is 5.96. The van der Waals surface area contributed by atoms with Crippen molar-refractivity contribution in [1.82, 2.24) is 4.90 Å². The summed E-state index contributed by atoms with van der Waals surface area (Å²) in [5, 5.41) is 11.6. The summed E-state index contributed by atoms with van der Waals surface area (Å²) in [5.41, 5.74) is 1.50. The topological polar surface area (TPSA) is 41.9 Å². The van der Waals surface area contributed by atoms with Gasteiger partial charge in [-0.3, -0.25) is 4.90 Å². The Hall–Kier alpha value is -3.57. The molecule has 0 saturated carbocycles. The van der Waals surface area contributed by atoms with Crippen LogP contribution >= 0.6 is 0 Å². The Labute approximate surface area is 205 Å². The molecule has 1 aliphatic rings. The minimum Gasteiger partial charge on any atom is -0.508 e. The Morgan fingerprint density at radius 3 is 2.34 bits per heavy atom. The largest absolute Gasteiger partial charge is 0.508 e. The zero-order valence-corrected chi connectivity index (χ0v) is 19.8. The van der Waals surface area contributed by atoms with Crippen molar-refractivity contribution >= 4 is 10.8 Å². The molecule has 5 rings (SSSR count). The Morgan fingerprint density at radius 2 is 1.57 bits per heavy atom. The molecular formula is C30H30FNO3. The van der Waals surface area contributed by atoms with Crippen LogP contribution in [0.2, 0.25) is 0 Å². The number of fused-ring (bicyclic) bond motifs is 1. The van der Waals surface area contributed by atoms with Gasteiger partial charge < -0.3 is 14.6 Å². The van der Waals surface area contributed by atoms with Crippen LogP contribution in [-0.4, -0.2) is 36.2 Å². The van der Waals surface area contributed by atoms with Crippen LogP contribution in [0, 0.1) is 5.82 Å². The van der Waals surface area contributed by atoms with Gasteiger partial charge in [0.2, 0.25) is 0 Å². The van der Waals surface area contributed by atoms with E-state index in [0.29, 0.717) is 18.1 Å². The van der Waals surface area contributed by atoms with Gasteiger partial charge in [-0.1, -0.05) is 31.0 Å². The summed E-state index contributed by atoms with van der Waals surface area (Å²) in [6, 6.07) is 23.0. The Balaban J connectivity index is 1.35. The third-order valence-corrected chi connectivity index (χ3v) is 6.51. The number of aromatic hydroxyl groups is 1. The molecule has 1 fully saturated rings. The fourth-order valence-corrected chi connectivity index (χ4v) is 4.66. The van der Waals surface area contributed by atoms with Gasteiger partial charge in [0.25, 0.3) is 0 Å². The second kappa shape index (κ2) is 10.8. The van der Waals surface area contributed by atoms with E-state index in [1.807, 2.05) is 48.5 Å². The molecule has 4 nitrogen and oxygen atoms in total. The van der Waals surface area contributed by atoms with Gasteiger partial charge in [-0.25, -0.2) is 4.39 Å². The predicted molar refractivity (Wildman–Crippen MR) is 138 cm³/mol. The first-order chi connectivity index (χ1) is 17.2. The molecule has 1 N–H and O–H groups in total. The molecule has 5 heteroatoms. The van der Waals surface area contributed by atoms with E-state index in [-0.39, 0.29) is 11.6 Å². The predicted octanol–water partition coefficient (Wildman–Crippen LogP) is 7.40. The van der Waals surface area contributed by atoms with Gasteiger partial charge in [0.05, 0.1) is 0 Å². The fraction of sp³-hybridized carbons (Fsp3) is 0.267. The lowest BCUT2D eigenvalue weighted by molar-refractivity contribution is 0.214. The first-order valence-electron chi connectivity index (χ1n) is 12.3. The minimum absolute atomic E-state index is 0.184. The number of nitrogens with zero attached hydrogens (tertiary/aromatic N) is 1. The number of benzene rings is 4. The summed E-state index contributed by atoms with van der Waals surface area (Å²) in [4.78, 5) is 2.48. The monoisotopic (exact) mass is 471 g/mol. The highest BCUT2D eigenvalue weighted by Gasteiger charge is 2.14. The number of hydrogen-bond acceptors (Lipinski definition) is 4. The van der Waals surface area contributed by atoms with E-state index in [0.717, 1.165) is 47.3 Å². The quantitative estimate of drug-likeness (QED) is 0.305. The number of rotatable bonds is 7. The van der Waals surface area contributed by atoms with Gasteiger partial charge in [0.15, 0.2) is 0 Å². The maximum absolute atomic E-state index is 14.0. The van der Waals surface area contributed by atoms with Crippen LogP contribution < -0.4 is 9.47 Å². The van der Waals surface area contributed by atoms with Crippen molar-refractivity contribution in [2.24, 2.45) is 0 Å². The second-order valence-corrected chi connectivity index (χ2v) is 9.04. The number of likely N-dealkylation sites (tertiary alicyclic amines) is 1. The summed E-state index contributed by atoms with van der Waals surface area (Å²) >= 11 is 0. The van der Waals surface area contributed by atoms with Crippen LogP contribution in [0.3, 0.4) is 0 Å². The Kier molecular flexibility index (Phi) is 7.15. The molecule has 35 heavy (non-hydrogen) atoms. The molecule has 0 aromatic heterocycles. The maximum atomic E-state index is 14.0. The zero-order valence-electron chi connectivity index (χ0n) is 19.8. The van der Waals surface area contributed by atoms with E-state index < -0.39 is 0 Å². The third-order valence-electron chi connectivity index (χ3n) is 6.51. The van der Waals surface area contributed by atoms with E-state index in [9.17, 15) is 9.50 Å². The van der Waals surface area contributed by atoms with Gasteiger partial charge in [-0.05, 0) is 97.5 Å². The van der Waals surface area contributed by atoms with Gasteiger partial charge >= 0.3 is 0 Å². The van der Waals surface area contributed by atoms with Crippen LogP contribution in [0.4, 0.5) is 4.39 Å². The standard InChI is InChI=1S/C30H30FNO3/c31-24-7-5-6-22(20-24)28-14-8-23-21-25(33)9-15-29(23)30(28)35-27-12-10-26(11-13-27)34-19-18-32-16-3-1-2-4-17-32/h5-15,20-21,33H,1-4,16-19H2. The van der Waals surface area contributed by atoms with E-state index in [1.165, 1.54) is 37.8 Å². The van der Waals surface area contributed by atoms with E-state index >= 15 is 0 Å². The molecule has 4 aromatic carbocycles. The highest BCUT2D eigenvalue weighted by Crippen LogP contribution is 2.40. The molecule has 4 aromatic rings. The van der Waals surface area contributed by atoms with Crippen molar-refractivity contribution in [3.8, 4) is 34.1 Å². The molecule has 0 aliphatic carbocycles. The highest BCUT2D eigenvalue weighted by atomic mass is 19.1. The summed E-state index contributed by atoms with van der Waals surface area (Å²) < 4.78 is 26.3. The van der Waals surface area contributed by atoms with E-state index in [4.69, 9.17) is 9.47 Å². The van der Waals surface area contributed by atoms with Crippen molar-refractivity contribution < 1.29 is 19.0 Å². The Morgan fingerprint density at radius 1 is 0.800 bits per heavy atom. The average molecular weight is 472 g/mol. The molecule has 180 valence electrons. The van der Waals surface area contributed by atoms with Crippen molar-refractivity contribution in [2.45, 2.75) is 25.7 Å². The third kappa shape index (κ3) is 5.75. The number of phenols is 1. The smallest absolute Gasteiger partial charge is 0.143 e. The first kappa shape index (κ1) is 23.2. The summed E-state index contributed by atoms with van der Waals surface area (Å²) in [7, 11) is 0. The van der Waals surface area contributed by atoms with Crippen LogP contribution in [0.25, 0.3) is 21.9 Å². The summed E-state index contributed by atoms with van der Waals surface area (Å²) in [6.07, 6.45) is 5.21. The van der Waals surface area contributed by atoms with Crippen molar-refractivity contribution in [2.75, 3.05) is 26.2 Å². The van der Waals surface area contributed by atoms with Gasteiger partial charge in [-0.2, -0.15) is 0 Å². The molecule has 0 radical (unpaired) electrons. The molecule has 1 heterocycles. The maximum Gasteiger partial charge on any atom is 0.143 e. The summed E-state index contributed by atoms with van der Waals surface area (Å²) in [6.45, 7) is 3.92. The molecular weight excluding hydrogens is 441 g/mol. The molecule has 0 unspecified atom stereocenters. The number of ether oxygens (including phenoxy) is 2. The second-order valence-electron chi connectivity index (χ2n) is 9.04. The fourth-order valence-electron chi connectivity index (χ4n) is 4.66. The van der Waals surface area contributed by atoms with E-state index in [2.05, 4.69) is 4.90 Å². The lowest BCUT2D eigenvalue weighted by Crippen LogP contribution is -2.29. The average Bonchev–Trinajstić information content (AvgIpc) is 3.14. The summed E-state index contributed by atoms with van der Waals surface area (Å²) in [5.74, 6) is 1.95. The van der Waals surface area contributed by atoms with Crippen molar-refractivity contribution in [3.63, 3.8) is 0 Å². The van der Waals surface area contributed by atoms with Crippen molar-refractivity contribution in [3.05, 3.63) is 84.7 Å². The number of phenolic OH excluding ortho intramolecular Hbond substituents is 1. The van der Waals surface area contributed by atoms with E-state index in [1.54, 1.807) is 18.2 Å². The lowest BCUT2D eigenvalue weighted by atomic mass is 9.99.